The van der Waals surface area contributed by atoms with E-state index >= 15 is 0 Å². The number of carbonyl (C=O) groups excluding carboxylic acids is 3. The van der Waals surface area contributed by atoms with Crippen LogP contribution in [0.1, 0.15) is 93.3 Å². The highest BCUT2D eigenvalue weighted by Gasteiger charge is 2.34. The van der Waals surface area contributed by atoms with E-state index in [1.54, 1.807) is 0 Å². The van der Waals surface area contributed by atoms with E-state index < -0.39 is 0 Å². The SMILES string of the molecule is CCCC(CC1CC(=O)c2c(C)c(CC)cc(-c3ccccc3)c2C1)C(CC)C(=O)CC(C)=O. The summed E-state index contributed by atoms with van der Waals surface area (Å²) in [4.78, 5) is 38.0. The van der Waals surface area contributed by atoms with Gasteiger partial charge in [-0.3, -0.25) is 14.4 Å². The molecular formula is C31H40O3. The number of benzene rings is 2. The second-order valence-corrected chi connectivity index (χ2v) is 10.1. The lowest BCUT2D eigenvalue weighted by atomic mass is 9.70. The molecule has 0 N–H and O–H groups in total. The molecule has 0 aromatic heterocycles. The Balaban J connectivity index is 1.97. The van der Waals surface area contributed by atoms with Crippen LogP contribution >= 0.6 is 0 Å². The zero-order valence-electron chi connectivity index (χ0n) is 21.6. The third-order valence-electron chi connectivity index (χ3n) is 7.65. The Morgan fingerprint density at radius 3 is 2.35 bits per heavy atom. The first kappa shape index (κ1) is 26.1. The van der Waals surface area contributed by atoms with Crippen molar-refractivity contribution in [3.63, 3.8) is 0 Å². The molecule has 3 rings (SSSR count). The van der Waals surface area contributed by atoms with Crippen molar-refractivity contribution in [2.75, 3.05) is 0 Å². The number of carbonyl (C=O) groups is 3. The standard InChI is InChI=1S/C31H40O3/c1-6-12-25(26(8-3)29(33)15-20(4)32)16-22-17-28-27(24-13-10-9-11-14-24)19-23(7-2)21(5)31(28)30(34)18-22/h9-11,13-14,19,22,25-26H,6-8,12,15-18H2,1-5H3. The molecule has 3 heteroatoms. The van der Waals surface area contributed by atoms with Gasteiger partial charge in [-0.15, -0.1) is 0 Å². The molecule has 0 saturated heterocycles. The van der Waals surface area contributed by atoms with E-state index in [1.807, 2.05) is 6.07 Å². The van der Waals surface area contributed by atoms with Crippen molar-refractivity contribution >= 4 is 17.3 Å². The largest absolute Gasteiger partial charge is 0.300 e. The highest BCUT2D eigenvalue weighted by molar-refractivity contribution is 6.02. The van der Waals surface area contributed by atoms with Gasteiger partial charge in [0.15, 0.2) is 5.78 Å². The van der Waals surface area contributed by atoms with Crippen LogP contribution in [-0.2, 0) is 22.4 Å². The van der Waals surface area contributed by atoms with Crippen LogP contribution in [0.3, 0.4) is 0 Å². The first-order valence-corrected chi connectivity index (χ1v) is 13.1. The Morgan fingerprint density at radius 1 is 1.06 bits per heavy atom. The summed E-state index contributed by atoms with van der Waals surface area (Å²) in [5.74, 6) is 0.606. The Kier molecular flexibility index (Phi) is 8.99. The van der Waals surface area contributed by atoms with E-state index in [1.165, 1.54) is 23.6 Å². The minimum atomic E-state index is -0.0989. The van der Waals surface area contributed by atoms with Crippen LogP contribution in [0.15, 0.2) is 36.4 Å². The molecule has 3 unspecified atom stereocenters. The van der Waals surface area contributed by atoms with Crippen LogP contribution in [0.25, 0.3) is 11.1 Å². The fourth-order valence-corrected chi connectivity index (χ4v) is 6.10. The van der Waals surface area contributed by atoms with Gasteiger partial charge in [-0.1, -0.05) is 70.0 Å². The van der Waals surface area contributed by atoms with Crippen molar-refractivity contribution in [3.05, 3.63) is 58.7 Å². The molecule has 3 atom stereocenters. The van der Waals surface area contributed by atoms with Crippen molar-refractivity contribution in [1.82, 2.24) is 0 Å². The number of hydrogen-bond donors (Lipinski definition) is 0. The molecule has 0 aliphatic heterocycles. The molecule has 182 valence electrons. The number of Topliss-reactive ketones (excluding diaryl/α,β-unsaturated/α-hetero) is 3. The minimum absolute atomic E-state index is 0.0301. The van der Waals surface area contributed by atoms with E-state index in [9.17, 15) is 14.4 Å². The molecule has 0 bridgehead atoms. The maximum atomic E-state index is 13.5. The van der Waals surface area contributed by atoms with Crippen molar-refractivity contribution < 1.29 is 14.4 Å². The average Bonchev–Trinajstić information content (AvgIpc) is 2.80. The molecule has 1 aliphatic carbocycles. The monoisotopic (exact) mass is 460 g/mol. The molecular weight excluding hydrogens is 420 g/mol. The van der Waals surface area contributed by atoms with E-state index in [0.717, 1.165) is 55.2 Å². The van der Waals surface area contributed by atoms with Gasteiger partial charge in [-0.25, -0.2) is 0 Å². The van der Waals surface area contributed by atoms with Crippen LogP contribution in [0.4, 0.5) is 0 Å². The van der Waals surface area contributed by atoms with Crippen molar-refractivity contribution in [2.45, 2.75) is 86.0 Å². The number of ketones is 3. The lowest BCUT2D eigenvalue weighted by molar-refractivity contribution is -0.129. The normalized spacial score (nSPS) is 17.2. The molecule has 0 fully saturated rings. The topological polar surface area (TPSA) is 51.2 Å². The van der Waals surface area contributed by atoms with Gasteiger partial charge in [0.25, 0.3) is 0 Å². The number of aryl methyl sites for hydroxylation is 1. The minimum Gasteiger partial charge on any atom is -0.300 e. The fourth-order valence-electron chi connectivity index (χ4n) is 6.10. The van der Waals surface area contributed by atoms with E-state index in [4.69, 9.17) is 0 Å². The predicted octanol–water partition coefficient (Wildman–Crippen LogP) is 7.35. The third kappa shape index (κ3) is 5.74. The molecule has 3 nitrogen and oxygen atoms in total. The summed E-state index contributed by atoms with van der Waals surface area (Å²) in [6.45, 7) is 9.94. The lowest BCUT2D eigenvalue weighted by Gasteiger charge is -2.33. The van der Waals surface area contributed by atoms with Gasteiger partial charge in [0, 0.05) is 17.9 Å². The molecule has 2 aromatic rings. The van der Waals surface area contributed by atoms with Crippen LogP contribution in [0, 0.1) is 24.7 Å². The van der Waals surface area contributed by atoms with Gasteiger partial charge in [0.1, 0.15) is 11.6 Å². The summed E-state index contributed by atoms with van der Waals surface area (Å²) in [6.07, 6.45) is 5.93. The highest BCUT2D eigenvalue weighted by Crippen LogP contribution is 2.41. The Labute approximate surface area is 205 Å². The first-order valence-electron chi connectivity index (χ1n) is 13.1. The Bertz CT molecular complexity index is 1030. The summed E-state index contributed by atoms with van der Waals surface area (Å²) in [5.41, 5.74) is 6.84. The van der Waals surface area contributed by atoms with Crippen molar-refractivity contribution in [1.29, 1.82) is 0 Å². The Hall–Kier alpha value is -2.55. The maximum absolute atomic E-state index is 13.5. The molecule has 34 heavy (non-hydrogen) atoms. The first-order chi connectivity index (χ1) is 16.3. The van der Waals surface area contributed by atoms with Gasteiger partial charge >= 0.3 is 0 Å². The molecule has 0 radical (unpaired) electrons. The zero-order valence-corrected chi connectivity index (χ0v) is 21.6. The lowest BCUT2D eigenvalue weighted by Crippen LogP contribution is -2.30. The van der Waals surface area contributed by atoms with Crippen molar-refractivity contribution in [2.24, 2.45) is 17.8 Å². The molecule has 0 heterocycles. The van der Waals surface area contributed by atoms with Gasteiger partial charge in [-0.05, 0) is 79.2 Å². The fraction of sp³-hybridized carbons (Fsp3) is 0.516. The van der Waals surface area contributed by atoms with E-state index in [0.29, 0.717) is 6.42 Å². The van der Waals surface area contributed by atoms with E-state index in [-0.39, 0.29) is 41.5 Å². The number of rotatable bonds is 11. The zero-order chi connectivity index (χ0) is 24.8. The highest BCUT2D eigenvalue weighted by atomic mass is 16.1. The van der Waals surface area contributed by atoms with Gasteiger partial charge in [-0.2, -0.15) is 0 Å². The molecule has 0 amide bonds. The van der Waals surface area contributed by atoms with Gasteiger partial charge in [0.2, 0.25) is 0 Å². The number of hydrogen-bond acceptors (Lipinski definition) is 3. The summed E-state index contributed by atoms with van der Waals surface area (Å²) in [5, 5.41) is 0. The van der Waals surface area contributed by atoms with Gasteiger partial charge < -0.3 is 0 Å². The van der Waals surface area contributed by atoms with Crippen LogP contribution in [-0.4, -0.2) is 17.3 Å². The second kappa shape index (κ2) is 11.7. The number of fused-ring (bicyclic) bond motifs is 1. The van der Waals surface area contributed by atoms with Crippen LogP contribution < -0.4 is 0 Å². The molecule has 1 aliphatic rings. The maximum Gasteiger partial charge on any atom is 0.163 e. The average molecular weight is 461 g/mol. The predicted molar refractivity (Wildman–Crippen MR) is 139 cm³/mol. The molecule has 0 saturated carbocycles. The smallest absolute Gasteiger partial charge is 0.163 e. The van der Waals surface area contributed by atoms with Crippen LogP contribution in [0.5, 0.6) is 0 Å². The van der Waals surface area contributed by atoms with Crippen molar-refractivity contribution in [3.8, 4) is 11.1 Å². The Morgan fingerprint density at radius 2 is 1.76 bits per heavy atom. The summed E-state index contributed by atoms with van der Waals surface area (Å²) in [7, 11) is 0. The second-order valence-electron chi connectivity index (χ2n) is 10.1. The summed E-state index contributed by atoms with van der Waals surface area (Å²) in [6, 6.07) is 12.7. The van der Waals surface area contributed by atoms with Crippen LogP contribution in [0.2, 0.25) is 0 Å². The summed E-state index contributed by atoms with van der Waals surface area (Å²) >= 11 is 0. The van der Waals surface area contributed by atoms with E-state index in [2.05, 4.69) is 58.0 Å². The quantitative estimate of drug-likeness (QED) is 0.329. The molecule has 0 spiro atoms. The van der Waals surface area contributed by atoms with Gasteiger partial charge in [0.05, 0.1) is 6.42 Å². The molecule has 2 aromatic carbocycles. The summed E-state index contributed by atoms with van der Waals surface area (Å²) < 4.78 is 0. The third-order valence-corrected chi connectivity index (χ3v) is 7.65.